The van der Waals surface area contributed by atoms with Gasteiger partial charge < -0.3 is 5.73 Å². The van der Waals surface area contributed by atoms with E-state index >= 15 is 0 Å². The molecule has 1 atom stereocenters. The van der Waals surface area contributed by atoms with Crippen LogP contribution in [0.15, 0.2) is 61.1 Å². The number of benzene rings is 1. The summed E-state index contributed by atoms with van der Waals surface area (Å²) in [6.45, 7) is 2.21. The summed E-state index contributed by atoms with van der Waals surface area (Å²) in [6, 6.07) is 12.4. The van der Waals surface area contributed by atoms with Crippen LogP contribution in [0.2, 0.25) is 0 Å². The number of nitrogens with zero attached hydrogens (tertiary/aromatic N) is 3. The van der Waals surface area contributed by atoms with Gasteiger partial charge in [0, 0.05) is 42.8 Å². The second-order valence-electron chi connectivity index (χ2n) is 7.45. The van der Waals surface area contributed by atoms with Gasteiger partial charge in [-0.25, -0.2) is 4.39 Å². The average molecular weight is 390 g/mol. The van der Waals surface area contributed by atoms with Gasteiger partial charge in [-0.3, -0.25) is 19.7 Å². The van der Waals surface area contributed by atoms with Gasteiger partial charge in [0.1, 0.15) is 5.82 Å². The van der Waals surface area contributed by atoms with Crippen LogP contribution in [0.4, 0.5) is 4.39 Å². The molecule has 1 amide bonds. The monoisotopic (exact) mass is 390 g/mol. The van der Waals surface area contributed by atoms with E-state index in [-0.39, 0.29) is 17.6 Å². The number of carbonyl (C=O) groups is 1. The van der Waals surface area contributed by atoms with Gasteiger partial charge in [-0.05, 0) is 60.8 Å². The fourth-order valence-corrected chi connectivity index (χ4v) is 3.90. The molecule has 1 aliphatic heterocycles. The number of likely N-dealkylation sites (tertiary alicyclic amines) is 1. The Morgan fingerprint density at radius 1 is 1.14 bits per heavy atom. The van der Waals surface area contributed by atoms with Crippen LogP contribution >= 0.6 is 0 Å². The van der Waals surface area contributed by atoms with Crippen molar-refractivity contribution < 1.29 is 9.18 Å². The topological polar surface area (TPSA) is 72.1 Å². The van der Waals surface area contributed by atoms with Crippen LogP contribution in [-0.2, 0) is 11.3 Å². The van der Waals surface area contributed by atoms with Crippen LogP contribution < -0.4 is 5.73 Å². The van der Waals surface area contributed by atoms with Crippen LogP contribution in [0, 0.1) is 11.7 Å². The maximum absolute atomic E-state index is 13.7. The average Bonchev–Trinajstić information content (AvgIpc) is 2.74. The highest BCUT2D eigenvalue weighted by Crippen LogP contribution is 2.29. The second-order valence-corrected chi connectivity index (χ2v) is 7.45. The highest BCUT2D eigenvalue weighted by Gasteiger charge is 2.25. The third-order valence-electron chi connectivity index (χ3n) is 5.38. The maximum atomic E-state index is 13.7. The quantitative estimate of drug-likeness (QED) is 0.722. The first-order valence-electron chi connectivity index (χ1n) is 9.77. The van der Waals surface area contributed by atoms with Crippen molar-refractivity contribution in [3.05, 3.63) is 72.4 Å². The maximum Gasteiger partial charge on any atom is 0.221 e. The van der Waals surface area contributed by atoms with Gasteiger partial charge >= 0.3 is 0 Å². The first kappa shape index (κ1) is 19.2. The fraction of sp³-hybridized carbons (Fsp3) is 0.261. The Kier molecular flexibility index (Phi) is 5.62. The molecule has 3 heterocycles. The third-order valence-corrected chi connectivity index (χ3v) is 5.38. The minimum atomic E-state index is -0.275. The number of carbonyl (C=O) groups excluding carboxylic acids is 1. The lowest BCUT2D eigenvalue weighted by Gasteiger charge is -2.31. The van der Waals surface area contributed by atoms with E-state index in [4.69, 9.17) is 10.7 Å². The van der Waals surface area contributed by atoms with E-state index in [1.165, 1.54) is 12.1 Å². The van der Waals surface area contributed by atoms with E-state index in [2.05, 4.69) is 16.0 Å². The van der Waals surface area contributed by atoms with E-state index in [1.807, 2.05) is 18.2 Å². The zero-order valence-corrected chi connectivity index (χ0v) is 16.1. The largest absolute Gasteiger partial charge is 0.369 e. The van der Waals surface area contributed by atoms with Crippen molar-refractivity contribution in [2.75, 3.05) is 13.1 Å². The zero-order chi connectivity index (χ0) is 20.2. The number of rotatable bonds is 5. The first-order chi connectivity index (χ1) is 14.1. The lowest BCUT2D eigenvalue weighted by atomic mass is 9.96. The molecular formula is C23H23FN4O. The summed E-state index contributed by atoms with van der Waals surface area (Å²) in [7, 11) is 0. The summed E-state index contributed by atoms with van der Waals surface area (Å²) >= 11 is 0. The van der Waals surface area contributed by atoms with Crippen molar-refractivity contribution >= 4 is 5.91 Å². The van der Waals surface area contributed by atoms with E-state index in [9.17, 15) is 9.18 Å². The molecule has 0 saturated carbocycles. The van der Waals surface area contributed by atoms with Crippen molar-refractivity contribution in [1.29, 1.82) is 0 Å². The van der Waals surface area contributed by atoms with Crippen LogP contribution in [0.5, 0.6) is 0 Å². The summed E-state index contributed by atoms with van der Waals surface area (Å²) in [4.78, 5) is 22.7. The van der Waals surface area contributed by atoms with Gasteiger partial charge in [-0.2, -0.15) is 0 Å². The van der Waals surface area contributed by atoms with Gasteiger partial charge in [-0.1, -0.05) is 12.1 Å². The summed E-state index contributed by atoms with van der Waals surface area (Å²) in [5.41, 5.74) is 10.1. The summed E-state index contributed by atoms with van der Waals surface area (Å²) in [5, 5.41) is 0. The Labute approximate surface area is 169 Å². The predicted molar refractivity (Wildman–Crippen MR) is 110 cm³/mol. The molecule has 0 spiro atoms. The second kappa shape index (κ2) is 8.49. The molecule has 0 radical (unpaired) electrons. The summed E-state index contributed by atoms with van der Waals surface area (Å²) < 4.78 is 13.7. The number of aromatic nitrogens is 2. The van der Waals surface area contributed by atoms with Crippen LogP contribution in [-0.4, -0.2) is 33.9 Å². The number of piperidine rings is 1. The Morgan fingerprint density at radius 2 is 1.97 bits per heavy atom. The number of primary amides is 1. The number of amides is 1. The number of pyridine rings is 2. The number of hydrogen-bond acceptors (Lipinski definition) is 4. The molecule has 2 aromatic heterocycles. The normalized spacial score (nSPS) is 17.2. The fourth-order valence-electron chi connectivity index (χ4n) is 3.90. The van der Waals surface area contributed by atoms with Gasteiger partial charge in [0.2, 0.25) is 5.91 Å². The molecule has 2 N–H and O–H groups in total. The standard InChI is InChI=1S/C23H23FN4O/c24-21-5-1-3-17(12-21)19-11-20(15-28-10-2-4-18(14-28)23(25)29)22(27-13-19)16-6-8-26-9-7-16/h1,3,5-9,11-13,18H,2,4,10,14-15H2,(H2,25,29). The van der Waals surface area contributed by atoms with Crippen LogP contribution in [0.1, 0.15) is 18.4 Å². The van der Waals surface area contributed by atoms with Gasteiger partial charge in [0.15, 0.2) is 0 Å². The molecule has 1 aliphatic rings. The molecule has 0 bridgehead atoms. The van der Waals surface area contributed by atoms with Crippen molar-refractivity contribution in [2.24, 2.45) is 11.7 Å². The smallest absolute Gasteiger partial charge is 0.221 e. The molecule has 3 aromatic rings. The predicted octanol–water partition coefficient (Wildman–Crippen LogP) is 3.65. The Bertz CT molecular complexity index is 1010. The van der Waals surface area contributed by atoms with Crippen LogP contribution in [0.25, 0.3) is 22.4 Å². The zero-order valence-electron chi connectivity index (χ0n) is 16.1. The highest BCUT2D eigenvalue weighted by atomic mass is 19.1. The molecule has 29 heavy (non-hydrogen) atoms. The molecule has 1 saturated heterocycles. The number of nitrogens with two attached hydrogens (primary N) is 1. The summed E-state index contributed by atoms with van der Waals surface area (Å²) in [6.07, 6.45) is 7.03. The molecule has 1 fully saturated rings. The van der Waals surface area contributed by atoms with Gasteiger partial charge in [0.25, 0.3) is 0 Å². The highest BCUT2D eigenvalue weighted by molar-refractivity contribution is 5.77. The minimum absolute atomic E-state index is 0.118. The molecule has 5 nitrogen and oxygen atoms in total. The molecule has 148 valence electrons. The molecule has 6 heteroatoms. The molecule has 1 unspecified atom stereocenters. The Balaban J connectivity index is 1.70. The summed E-state index contributed by atoms with van der Waals surface area (Å²) in [5.74, 6) is -0.634. The number of halogens is 1. The van der Waals surface area contributed by atoms with Gasteiger partial charge in [-0.15, -0.1) is 0 Å². The lowest BCUT2D eigenvalue weighted by Crippen LogP contribution is -2.40. The van der Waals surface area contributed by atoms with E-state index in [1.54, 1.807) is 24.7 Å². The van der Waals surface area contributed by atoms with Gasteiger partial charge in [0.05, 0.1) is 11.6 Å². The lowest BCUT2D eigenvalue weighted by molar-refractivity contribution is -0.123. The van der Waals surface area contributed by atoms with Crippen molar-refractivity contribution in [2.45, 2.75) is 19.4 Å². The Morgan fingerprint density at radius 3 is 2.72 bits per heavy atom. The first-order valence-corrected chi connectivity index (χ1v) is 9.77. The molecule has 1 aromatic carbocycles. The van der Waals surface area contributed by atoms with E-state index in [0.29, 0.717) is 13.1 Å². The van der Waals surface area contributed by atoms with Crippen molar-refractivity contribution in [3.8, 4) is 22.4 Å². The van der Waals surface area contributed by atoms with E-state index < -0.39 is 0 Å². The molecule has 0 aliphatic carbocycles. The van der Waals surface area contributed by atoms with Crippen molar-refractivity contribution in [1.82, 2.24) is 14.9 Å². The molecule has 4 rings (SSSR count). The van der Waals surface area contributed by atoms with E-state index in [0.717, 1.165) is 47.3 Å². The minimum Gasteiger partial charge on any atom is -0.369 e. The van der Waals surface area contributed by atoms with Crippen LogP contribution in [0.3, 0.4) is 0 Å². The Hall–Kier alpha value is -3.12. The third kappa shape index (κ3) is 4.49. The number of hydrogen-bond donors (Lipinski definition) is 1. The van der Waals surface area contributed by atoms with Crippen molar-refractivity contribution in [3.63, 3.8) is 0 Å². The SMILES string of the molecule is NC(=O)C1CCCN(Cc2cc(-c3cccc(F)c3)cnc2-c2ccncc2)C1. The molecular weight excluding hydrogens is 367 g/mol.